The zero-order valence-corrected chi connectivity index (χ0v) is 14.3. The first-order valence-electron chi connectivity index (χ1n) is 7.30. The highest BCUT2D eigenvalue weighted by atomic mass is 16.5. The van der Waals surface area contributed by atoms with Gasteiger partial charge in [0.05, 0.1) is 6.61 Å². The Balaban J connectivity index is 2.71. The van der Waals surface area contributed by atoms with E-state index >= 15 is 0 Å². The largest absolute Gasteiger partial charge is 0.504 e. The fourth-order valence-electron chi connectivity index (χ4n) is 1.72. The molecule has 0 aliphatic carbocycles. The molecule has 0 heterocycles. The van der Waals surface area contributed by atoms with Crippen LogP contribution in [0.2, 0.25) is 0 Å². The average Bonchev–Trinajstić information content (AvgIpc) is 2.48. The van der Waals surface area contributed by atoms with E-state index in [1.54, 1.807) is 27.7 Å². The second-order valence-corrected chi connectivity index (χ2v) is 5.84. The van der Waals surface area contributed by atoms with Gasteiger partial charge in [-0.15, -0.1) is 0 Å². The van der Waals surface area contributed by atoms with Crippen molar-refractivity contribution in [2.45, 2.75) is 33.3 Å². The molecular weight excluding hydrogens is 312 g/mol. The summed E-state index contributed by atoms with van der Waals surface area (Å²) in [5.41, 5.74) is -0.672. The molecule has 0 saturated heterocycles. The lowest BCUT2D eigenvalue weighted by atomic mass is 9.96. The predicted octanol–water partition coefficient (Wildman–Crippen LogP) is 3.10. The minimum Gasteiger partial charge on any atom is -0.504 e. The van der Waals surface area contributed by atoms with Crippen LogP contribution in [0, 0.1) is 0 Å². The molecule has 0 radical (unpaired) electrons. The molecule has 2 N–H and O–H groups in total. The molecule has 0 fully saturated rings. The number of aromatic hydroxyl groups is 2. The smallest absolute Gasteiger partial charge is 0.338 e. The van der Waals surface area contributed by atoms with Gasteiger partial charge in [-0.25, -0.2) is 4.79 Å². The number of rotatable bonds is 7. The molecule has 0 spiro atoms. The lowest BCUT2D eigenvalue weighted by Gasteiger charge is -2.23. The van der Waals surface area contributed by atoms with Crippen molar-refractivity contribution >= 4 is 11.8 Å². The highest BCUT2D eigenvalue weighted by Gasteiger charge is 2.29. The third kappa shape index (κ3) is 5.24. The Morgan fingerprint density at radius 2 is 1.83 bits per heavy atom. The van der Waals surface area contributed by atoms with Gasteiger partial charge in [0.1, 0.15) is 11.4 Å². The molecule has 0 aliphatic heterocycles. The zero-order chi connectivity index (χ0) is 18.5. The highest BCUT2D eigenvalue weighted by molar-refractivity contribution is 6.02. The third-order valence-electron chi connectivity index (χ3n) is 3.20. The fourth-order valence-corrected chi connectivity index (χ4v) is 1.72. The molecule has 1 aromatic carbocycles. The van der Waals surface area contributed by atoms with Crippen LogP contribution in [0.25, 0.3) is 0 Å². The number of carbonyl (C=O) groups is 2. The summed E-state index contributed by atoms with van der Waals surface area (Å²) in [4.78, 5) is 23.8. The summed E-state index contributed by atoms with van der Waals surface area (Å²) in [6, 6.07) is 3.82. The molecule has 0 aliphatic rings. The normalized spacial score (nSPS) is 11.9. The molecule has 6 nitrogen and oxygen atoms in total. The zero-order valence-electron chi connectivity index (χ0n) is 14.3. The van der Waals surface area contributed by atoms with Crippen molar-refractivity contribution < 1.29 is 29.3 Å². The van der Waals surface area contributed by atoms with E-state index in [-0.39, 0.29) is 35.0 Å². The number of phenols is 2. The van der Waals surface area contributed by atoms with Crippen LogP contribution in [0.4, 0.5) is 0 Å². The first kappa shape index (κ1) is 19.4. The van der Waals surface area contributed by atoms with Crippen molar-refractivity contribution in [2.75, 3.05) is 6.61 Å². The summed E-state index contributed by atoms with van der Waals surface area (Å²) in [6.45, 7) is 9.84. The van der Waals surface area contributed by atoms with Crippen molar-refractivity contribution in [3.05, 3.63) is 47.7 Å². The van der Waals surface area contributed by atoms with Crippen LogP contribution in [-0.4, -0.2) is 34.2 Å². The number of hydrogen-bond acceptors (Lipinski definition) is 6. The van der Waals surface area contributed by atoms with Crippen molar-refractivity contribution in [1.29, 1.82) is 0 Å². The molecule has 0 saturated carbocycles. The Morgan fingerprint density at radius 1 is 1.21 bits per heavy atom. The van der Waals surface area contributed by atoms with Crippen molar-refractivity contribution in [1.82, 2.24) is 0 Å². The Hall–Kier alpha value is -2.60. The van der Waals surface area contributed by atoms with Crippen LogP contribution in [0.5, 0.6) is 11.5 Å². The van der Waals surface area contributed by atoms with Crippen LogP contribution in [-0.2, 0) is 14.3 Å². The van der Waals surface area contributed by atoms with E-state index in [1.165, 1.54) is 24.3 Å². The number of esters is 1. The maximum Gasteiger partial charge on any atom is 0.338 e. The number of ketones is 1. The molecule has 24 heavy (non-hydrogen) atoms. The van der Waals surface area contributed by atoms with Gasteiger partial charge in [-0.3, -0.25) is 4.79 Å². The summed E-state index contributed by atoms with van der Waals surface area (Å²) in [5.74, 6) is -1.22. The first-order valence-corrected chi connectivity index (χ1v) is 7.30. The van der Waals surface area contributed by atoms with Gasteiger partial charge in [0, 0.05) is 11.1 Å². The second kappa shape index (κ2) is 7.79. The van der Waals surface area contributed by atoms with Gasteiger partial charge < -0.3 is 19.7 Å². The first-order chi connectivity index (χ1) is 11.0. The minimum absolute atomic E-state index is 0.0537. The van der Waals surface area contributed by atoms with Gasteiger partial charge in [0.2, 0.25) is 0 Å². The number of allylic oxidation sites excluding steroid dienone is 1. The van der Waals surface area contributed by atoms with Gasteiger partial charge in [-0.05, 0) is 52.0 Å². The van der Waals surface area contributed by atoms with E-state index < -0.39 is 11.6 Å². The van der Waals surface area contributed by atoms with Crippen LogP contribution in [0.3, 0.4) is 0 Å². The van der Waals surface area contributed by atoms with E-state index in [9.17, 15) is 19.8 Å². The average molecular weight is 334 g/mol. The Morgan fingerprint density at radius 3 is 2.38 bits per heavy atom. The molecule has 0 amide bonds. The van der Waals surface area contributed by atoms with Gasteiger partial charge >= 0.3 is 5.97 Å². The summed E-state index contributed by atoms with van der Waals surface area (Å²) in [7, 11) is 0. The molecule has 1 aromatic rings. The summed E-state index contributed by atoms with van der Waals surface area (Å²) in [6.07, 6.45) is 1.53. The van der Waals surface area contributed by atoms with E-state index in [1.807, 2.05) is 0 Å². The van der Waals surface area contributed by atoms with E-state index in [0.29, 0.717) is 5.76 Å². The van der Waals surface area contributed by atoms with Crippen molar-refractivity contribution in [2.24, 2.45) is 0 Å². The Bertz CT molecular complexity index is 685. The number of hydrogen-bond donors (Lipinski definition) is 2. The van der Waals surface area contributed by atoms with Crippen LogP contribution >= 0.6 is 0 Å². The monoisotopic (exact) mass is 334 g/mol. The molecule has 0 atom stereocenters. The molecule has 6 heteroatoms. The maximum absolute atomic E-state index is 12.4. The fraction of sp³-hybridized carbons (Fsp3) is 0.333. The standard InChI is InChI=1S/C18H22O6/c1-11(2)17(22)24-12(3)8-9-23-18(4,5)16(21)13-6-7-14(19)15(20)10-13/h6-8,10,19-20H,1,9H2,2-5H3/b12-8+. The maximum atomic E-state index is 12.4. The topological polar surface area (TPSA) is 93.1 Å². The van der Waals surface area contributed by atoms with Crippen molar-refractivity contribution in [3.63, 3.8) is 0 Å². The lowest BCUT2D eigenvalue weighted by molar-refractivity contribution is -0.134. The molecule has 130 valence electrons. The molecular formula is C18H22O6. The molecule has 0 bridgehead atoms. The van der Waals surface area contributed by atoms with Gasteiger partial charge in [-0.2, -0.15) is 0 Å². The predicted molar refractivity (Wildman–Crippen MR) is 88.8 cm³/mol. The SMILES string of the molecule is C=C(C)C(=O)O/C(C)=C/COC(C)(C)C(=O)c1ccc(O)c(O)c1. The van der Waals surface area contributed by atoms with Crippen LogP contribution < -0.4 is 0 Å². The summed E-state index contributed by atoms with van der Waals surface area (Å²) >= 11 is 0. The molecule has 1 rings (SSSR count). The quantitative estimate of drug-likeness (QED) is 0.262. The second-order valence-electron chi connectivity index (χ2n) is 5.84. The minimum atomic E-state index is -1.17. The number of carbonyl (C=O) groups excluding carboxylic acids is 2. The number of phenolic OH excluding ortho intramolecular Hbond substituents is 2. The number of benzene rings is 1. The van der Waals surface area contributed by atoms with Gasteiger partial charge in [0.25, 0.3) is 0 Å². The Labute approximate surface area is 141 Å². The lowest BCUT2D eigenvalue weighted by Crippen LogP contribution is -2.35. The molecule has 0 unspecified atom stereocenters. The van der Waals surface area contributed by atoms with Crippen LogP contribution in [0.1, 0.15) is 38.1 Å². The molecule has 0 aromatic heterocycles. The van der Waals surface area contributed by atoms with Gasteiger partial charge in [0.15, 0.2) is 17.3 Å². The van der Waals surface area contributed by atoms with Crippen LogP contribution in [0.15, 0.2) is 42.2 Å². The van der Waals surface area contributed by atoms with Crippen molar-refractivity contribution in [3.8, 4) is 11.5 Å². The Kier molecular flexibility index (Phi) is 6.31. The van der Waals surface area contributed by atoms with Gasteiger partial charge in [-0.1, -0.05) is 6.58 Å². The van der Waals surface area contributed by atoms with E-state index in [4.69, 9.17) is 9.47 Å². The number of ether oxygens (including phenoxy) is 2. The number of Topliss-reactive ketones (excluding diaryl/α,β-unsaturated/α-hetero) is 1. The summed E-state index contributed by atoms with van der Waals surface area (Å²) < 4.78 is 10.5. The van der Waals surface area contributed by atoms with E-state index in [0.717, 1.165) is 0 Å². The summed E-state index contributed by atoms with van der Waals surface area (Å²) in [5, 5.41) is 18.8. The van der Waals surface area contributed by atoms with E-state index in [2.05, 4.69) is 6.58 Å². The third-order valence-corrected chi connectivity index (χ3v) is 3.20. The highest BCUT2D eigenvalue weighted by Crippen LogP contribution is 2.27.